The number of nitrogens with zero attached hydrogens (tertiary/aromatic N) is 2. The van der Waals surface area contributed by atoms with Crippen molar-refractivity contribution >= 4 is 17.8 Å². The Morgan fingerprint density at radius 2 is 1.40 bits per heavy atom. The highest BCUT2D eigenvalue weighted by Gasteiger charge is 2.25. The van der Waals surface area contributed by atoms with Crippen molar-refractivity contribution in [3.05, 3.63) is 102 Å². The van der Waals surface area contributed by atoms with Crippen molar-refractivity contribution in [2.75, 3.05) is 7.11 Å². The fourth-order valence-electron chi connectivity index (χ4n) is 4.38. The number of aromatic nitrogens is 2. The number of benzene rings is 3. The smallest absolute Gasteiger partial charge is 0.325 e. The van der Waals surface area contributed by atoms with Crippen molar-refractivity contribution < 1.29 is 24.2 Å². The summed E-state index contributed by atoms with van der Waals surface area (Å²) in [6.07, 6.45) is 3.67. The molecule has 0 saturated heterocycles. The third kappa shape index (κ3) is 8.03. The molecule has 0 aliphatic heterocycles. The van der Waals surface area contributed by atoms with Gasteiger partial charge in [-0.2, -0.15) is 0 Å². The molecular weight excluding hydrogens is 544 g/mol. The number of amides is 2. The highest BCUT2D eigenvalue weighted by molar-refractivity contribution is 5.98. The Morgan fingerprint density at radius 3 is 1.93 bits per heavy atom. The molecule has 1 heterocycles. The minimum Gasteiger partial charge on any atom is -0.497 e. The van der Waals surface area contributed by atoms with Crippen LogP contribution in [0.15, 0.2) is 85.2 Å². The molecule has 0 fully saturated rings. The Morgan fingerprint density at radius 1 is 0.814 bits per heavy atom. The molecule has 2 amide bonds. The second-order valence-electron chi connectivity index (χ2n) is 11.3. The molecule has 0 bridgehead atoms. The summed E-state index contributed by atoms with van der Waals surface area (Å²) in [7, 11) is 1.62. The van der Waals surface area contributed by atoms with Crippen molar-refractivity contribution in [2.45, 2.75) is 51.6 Å². The Hall–Kier alpha value is -5.05. The van der Waals surface area contributed by atoms with Crippen LogP contribution in [0.4, 0.5) is 0 Å². The largest absolute Gasteiger partial charge is 0.497 e. The van der Waals surface area contributed by atoms with Crippen LogP contribution in [-0.2, 0) is 21.4 Å². The maximum atomic E-state index is 13.1. The number of ether oxygens (including phenoxy) is 1. The first-order chi connectivity index (χ1) is 20.4. The minimum absolute atomic E-state index is 0.0693. The van der Waals surface area contributed by atoms with Crippen LogP contribution in [0.3, 0.4) is 0 Å². The van der Waals surface area contributed by atoms with E-state index in [1.807, 2.05) is 60.7 Å². The third-order valence-corrected chi connectivity index (χ3v) is 7.09. The van der Waals surface area contributed by atoms with E-state index in [-0.39, 0.29) is 11.8 Å². The molecule has 4 rings (SSSR count). The molecule has 0 radical (unpaired) electrons. The van der Waals surface area contributed by atoms with E-state index in [0.717, 1.165) is 33.6 Å². The van der Waals surface area contributed by atoms with Crippen LogP contribution in [0.1, 0.15) is 49.2 Å². The molecule has 0 aliphatic rings. The van der Waals surface area contributed by atoms with E-state index in [2.05, 4.69) is 41.4 Å². The van der Waals surface area contributed by atoms with Crippen molar-refractivity contribution in [1.29, 1.82) is 0 Å². The molecule has 9 heteroatoms. The number of carbonyl (C=O) groups excluding carboxylic acids is 2. The Labute approximate surface area is 251 Å². The van der Waals surface area contributed by atoms with Crippen LogP contribution in [0.5, 0.6) is 5.75 Å². The van der Waals surface area contributed by atoms with E-state index in [4.69, 9.17) is 4.74 Å². The summed E-state index contributed by atoms with van der Waals surface area (Å²) in [6, 6.07) is 20.1. The average molecular weight is 581 g/mol. The van der Waals surface area contributed by atoms with Crippen LogP contribution in [-0.4, -0.2) is 52.1 Å². The number of rotatable bonds is 10. The molecule has 2 unspecified atom stereocenters. The van der Waals surface area contributed by atoms with E-state index in [1.54, 1.807) is 31.6 Å². The van der Waals surface area contributed by atoms with Gasteiger partial charge in [0.05, 0.1) is 7.11 Å². The number of carboxylic acids is 1. The fourth-order valence-corrected chi connectivity index (χ4v) is 4.38. The number of carbonyl (C=O) groups is 3. The quantitative estimate of drug-likeness (QED) is 0.239. The molecule has 2 atom stereocenters. The standard InChI is InChI=1S/C34H36N4O5/c1-21(33(41)42)37-32(40)29(38-31(39)25-10-14-27(15-11-25)34(2,3)4)18-22-6-8-24(9-7-22)30-35-19-26(20-36-30)23-12-16-28(43-5)17-13-23/h6-17,19-21,29H,18H2,1-5H3,(H,37,40)(H,38,39)(H,41,42). The second kappa shape index (κ2) is 13.3. The molecule has 1 aromatic heterocycles. The van der Waals surface area contributed by atoms with Gasteiger partial charge in [-0.25, -0.2) is 9.97 Å². The summed E-state index contributed by atoms with van der Waals surface area (Å²) >= 11 is 0. The van der Waals surface area contributed by atoms with E-state index in [9.17, 15) is 19.5 Å². The Balaban J connectivity index is 1.49. The third-order valence-electron chi connectivity index (χ3n) is 7.09. The van der Waals surface area contributed by atoms with Gasteiger partial charge in [-0.05, 0) is 53.3 Å². The van der Waals surface area contributed by atoms with Crippen LogP contribution in [0.25, 0.3) is 22.5 Å². The van der Waals surface area contributed by atoms with Gasteiger partial charge in [0.15, 0.2) is 5.82 Å². The van der Waals surface area contributed by atoms with Crippen molar-refractivity contribution in [3.63, 3.8) is 0 Å². The monoisotopic (exact) mass is 580 g/mol. The zero-order chi connectivity index (χ0) is 31.1. The Kier molecular flexibility index (Phi) is 9.55. The lowest BCUT2D eigenvalue weighted by Gasteiger charge is -2.21. The predicted octanol–water partition coefficient (Wildman–Crippen LogP) is 5.05. The molecule has 4 aromatic rings. The van der Waals surface area contributed by atoms with Gasteiger partial charge in [0.25, 0.3) is 5.91 Å². The maximum absolute atomic E-state index is 13.1. The van der Waals surface area contributed by atoms with E-state index in [1.165, 1.54) is 6.92 Å². The zero-order valence-electron chi connectivity index (χ0n) is 24.9. The van der Waals surface area contributed by atoms with E-state index < -0.39 is 29.9 Å². The SMILES string of the molecule is COc1ccc(-c2cnc(-c3ccc(CC(NC(=O)c4ccc(C(C)(C)C)cc4)C(=O)NC(C)C(=O)O)cc3)nc2)cc1. The topological polar surface area (TPSA) is 131 Å². The highest BCUT2D eigenvalue weighted by atomic mass is 16.5. The predicted molar refractivity (Wildman–Crippen MR) is 165 cm³/mol. The van der Waals surface area contributed by atoms with Crippen LogP contribution in [0.2, 0.25) is 0 Å². The number of nitrogens with one attached hydrogen (secondary N) is 2. The number of aliphatic carboxylic acids is 1. The average Bonchev–Trinajstić information content (AvgIpc) is 3.00. The van der Waals surface area contributed by atoms with Crippen LogP contribution in [0, 0.1) is 0 Å². The van der Waals surface area contributed by atoms with Gasteiger partial charge < -0.3 is 20.5 Å². The van der Waals surface area contributed by atoms with Crippen molar-refractivity contribution in [2.24, 2.45) is 0 Å². The first kappa shape index (κ1) is 30.9. The Bertz CT molecular complexity index is 1560. The van der Waals surface area contributed by atoms with Gasteiger partial charge in [-0.15, -0.1) is 0 Å². The molecule has 0 spiro atoms. The summed E-state index contributed by atoms with van der Waals surface area (Å²) in [6.45, 7) is 7.63. The molecule has 0 aliphatic carbocycles. The van der Waals surface area contributed by atoms with Crippen LogP contribution < -0.4 is 15.4 Å². The molecule has 9 nitrogen and oxygen atoms in total. The van der Waals surface area contributed by atoms with Gasteiger partial charge in [-0.3, -0.25) is 14.4 Å². The first-order valence-corrected chi connectivity index (χ1v) is 13.9. The summed E-state index contributed by atoms with van der Waals surface area (Å²) in [5.74, 6) is -0.868. The lowest BCUT2D eigenvalue weighted by atomic mass is 9.86. The summed E-state index contributed by atoms with van der Waals surface area (Å²) < 4.78 is 5.21. The zero-order valence-corrected chi connectivity index (χ0v) is 24.9. The maximum Gasteiger partial charge on any atom is 0.325 e. The normalized spacial score (nSPS) is 12.6. The van der Waals surface area contributed by atoms with Gasteiger partial charge in [0, 0.05) is 35.5 Å². The fraction of sp³-hybridized carbons (Fsp3) is 0.265. The molecular formula is C34H36N4O5. The number of hydrogen-bond acceptors (Lipinski definition) is 6. The summed E-state index contributed by atoms with van der Waals surface area (Å²) in [5, 5.41) is 14.5. The lowest BCUT2D eigenvalue weighted by molar-refractivity contribution is -0.141. The van der Waals surface area contributed by atoms with Crippen molar-refractivity contribution in [1.82, 2.24) is 20.6 Å². The number of methoxy groups -OCH3 is 1. The molecule has 3 aromatic carbocycles. The molecule has 222 valence electrons. The lowest BCUT2D eigenvalue weighted by Crippen LogP contribution is -2.51. The van der Waals surface area contributed by atoms with Crippen molar-refractivity contribution in [3.8, 4) is 28.3 Å². The van der Waals surface area contributed by atoms with Gasteiger partial charge in [-0.1, -0.05) is 69.3 Å². The van der Waals surface area contributed by atoms with E-state index >= 15 is 0 Å². The highest BCUT2D eigenvalue weighted by Crippen LogP contribution is 2.24. The number of carboxylic acid groups (broad SMARTS) is 1. The summed E-state index contributed by atoms with van der Waals surface area (Å²) in [4.78, 5) is 46.5. The first-order valence-electron chi connectivity index (χ1n) is 13.9. The van der Waals surface area contributed by atoms with E-state index in [0.29, 0.717) is 11.4 Å². The second-order valence-corrected chi connectivity index (χ2v) is 11.3. The van der Waals surface area contributed by atoms with Gasteiger partial charge >= 0.3 is 5.97 Å². The summed E-state index contributed by atoms with van der Waals surface area (Å²) in [5.41, 5.74) is 4.81. The minimum atomic E-state index is -1.17. The van der Waals surface area contributed by atoms with Gasteiger partial charge in [0.2, 0.25) is 5.91 Å². The molecule has 0 saturated carbocycles. The molecule has 3 N–H and O–H groups in total. The van der Waals surface area contributed by atoms with Gasteiger partial charge in [0.1, 0.15) is 17.8 Å². The molecule has 43 heavy (non-hydrogen) atoms. The van der Waals surface area contributed by atoms with Crippen LogP contribution >= 0.6 is 0 Å². The number of hydrogen-bond donors (Lipinski definition) is 3.